The number of carbonyl (C=O) groups excluding carboxylic acids is 1. The SMILES string of the molecule is CC(C)C(N)CNC(=O)CC1CC1. The molecule has 0 aliphatic heterocycles. The minimum absolute atomic E-state index is 0.0863. The van der Waals surface area contributed by atoms with Crippen LogP contribution in [-0.4, -0.2) is 18.5 Å². The first-order valence-corrected chi connectivity index (χ1v) is 5.12. The molecule has 0 aromatic carbocycles. The fourth-order valence-corrected chi connectivity index (χ4v) is 1.12. The predicted molar refractivity (Wildman–Crippen MR) is 53.2 cm³/mol. The molecule has 0 aromatic rings. The van der Waals surface area contributed by atoms with E-state index in [1.165, 1.54) is 12.8 Å². The van der Waals surface area contributed by atoms with Gasteiger partial charge in [0.25, 0.3) is 0 Å². The summed E-state index contributed by atoms with van der Waals surface area (Å²) < 4.78 is 0. The molecule has 0 heterocycles. The summed E-state index contributed by atoms with van der Waals surface area (Å²) in [7, 11) is 0. The van der Waals surface area contributed by atoms with Crippen LogP contribution in [0.3, 0.4) is 0 Å². The number of hydrogen-bond donors (Lipinski definition) is 2. The van der Waals surface area contributed by atoms with Crippen LogP contribution in [-0.2, 0) is 4.79 Å². The first-order valence-electron chi connectivity index (χ1n) is 5.12. The van der Waals surface area contributed by atoms with Crippen molar-refractivity contribution in [3.05, 3.63) is 0 Å². The molecule has 3 nitrogen and oxygen atoms in total. The Morgan fingerprint density at radius 2 is 2.15 bits per heavy atom. The zero-order valence-electron chi connectivity index (χ0n) is 8.55. The number of nitrogens with one attached hydrogen (secondary N) is 1. The van der Waals surface area contributed by atoms with Gasteiger partial charge >= 0.3 is 0 Å². The van der Waals surface area contributed by atoms with Crippen molar-refractivity contribution >= 4 is 5.91 Å². The van der Waals surface area contributed by atoms with Crippen molar-refractivity contribution in [3.63, 3.8) is 0 Å². The van der Waals surface area contributed by atoms with E-state index in [2.05, 4.69) is 19.2 Å². The normalized spacial score (nSPS) is 18.8. The van der Waals surface area contributed by atoms with Crippen LogP contribution in [0.25, 0.3) is 0 Å². The molecular formula is C10H20N2O. The van der Waals surface area contributed by atoms with Gasteiger partial charge in [-0.1, -0.05) is 13.8 Å². The molecule has 1 atom stereocenters. The Bertz CT molecular complexity index is 176. The third kappa shape index (κ3) is 4.27. The van der Waals surface area contributed by atoms with Crippen LogP contribution in [0.2, 0.25) is 0 Å². The highest BCUT2D eigenvalue weighted by atomic mass is 16.1. The quantitative estimate of drug-likeness (QED) is 0.666. The third-order valence-corrected chi connectivity index (χ3v) is 2.56. The fraction of sp³-hybridized carbons (Fsp3) is 0.900. The van der Waals surface area contributed by atoms with Gasteiger partial charge < -0.3 is 11.1 Å². The summed E-state index contributed by atoms with van der Waals surface area (Å²) in [6.07, 6.45) is 3.15. The van der Waals surface area contributed by atoms with Crippen LogP contribution in [0.15, 0.2) is 0 Å². The van der Waals surface area contributed by atoms with Crippen molar-refractivity contribution in [1.82, 2.24) is 5.32 Å². The van der Waals surface area contributed by atoms with Gasteiger partial charge in [0.15, 0.2) is 0 Å². The highest BCUT2D eigenvalue weighted by Gasteiger charge is 2.24. The fourth-order valence-electron chi connectivity index (χ4n) is 1.12. The summed E-state index contributed by atoms with van der Waals surface area (Å²) in [6, 6.07) is 0.0863. The van der Waals surface area contributed by atoms with Crippen molar-refractivity contribution in [1.29, 1.82) is 0 Å². The van der Waals surface area contributed by atoms with Gasteiger partial charge in [-0.3, -0.25) is 4.79 Å². The predicted octanol–water partition coefficient (Wildman–Crippen LogP) is 0.886. The number of rotatable bonds is 5. The molecule has 1 rings (SSSR count). The minimum atomic E-state index is 0.0863. The maximum atomic E-state index is 11.3. The van der Waals surface area contributed by atoms with Gasteiger partial charge in [0.2, 0.25) is 5.91 Å². The number of carbonyl (C=O) groups is 1. The third-order valence-electron chi connectivity index (χ3n) is 2.56. The molecule has 13 heavy (non-hydrogen) atoms. The summed E-state index contributed by atoms with van der Waals surface area (Å²) in [6.45, 7) is 4.75. The minimum Gasteiger partial charge on any atom is -0.355 e. The molecule has 1 aliphatic rings. The molecule has 1 unspecified atom stereocenters. The van der Waals surface area contributed by atoms with Crippen LogP contribution in [0, 0.1) is 11.8 Å². The van der Waals surface area contributed by atoms with E-state index in [-0.39, 0.29) is 11.9 Å². The maximum Gasteiger partial charge on any atom is 0.220 e. The van der Waals surface area contributed by atoms with Crippen LogP contribution >= 0.6 is 0 Å². The van der Waals surface area contributed by atoms with Crippen molar-refractivity contribution in [3.8, 4) is 0 Å². The second kappa shape index (κ2) is 4.61. The van der Waals surface area contributed by atoms with E-state index in [0.29, 0.717) is 24.8 Å². The second-order valence-electron chi connectivity index (χ2n) is 4.36. The van der Waals surface area contributed by atoms with Crippen molar-refractivity contribution in [2.24, 2.45) is 17.6 Å². The maximum absolute atomic E-state index is 11.3. The molecule has 1 aliphatic carbocycles. The molecule has 1 fully saturated rings. The molecule has 0 saturated heterocycles. The Morgan fingerprint density at radius 3 is 2.62 bits per heavy atom. The molecule has 0 bridgehead atoms. The standard InChI is InChI=1S/C10H20N2O/c1-7(2)9(11)6-12-10(13)5-8-3-4-8/h7-9H,3-6,11H2,1-2H3,(H,12,13). The summed E-state index contributed by atoms with van der Waals surface area (Å²) in [4.78, 5) is 11.3. The first kappa shape index (κ1) is 10.5. The molecule has 0 spiro atoms. The van der Waals surface area contributed by atoms with Gasteiger partial charge in [0.1, 0.15) is 0 Å². The molecular weight excluding hydrogens is 164 g/mol. The van der Waals surface area contributed by atoms with Gasteiger partial charge in [-0.15, -0.1) is 0 Å². The number of hydrogen-bond acceptors (Lipinski definition) is 2. The molecule has 0 radical (unpaired) electrons. The molecule has 3 heteroatoms. The second-order valence-corrected chi connectivity index (χ2v) is 4.36. The summed E-state index contributed by atoms with van der Waals surface area (Å²) in [5.74, 6) is 1.26. The average Bonchev–Trinajstić information content (AvgIpc) is 2.83. The molecule has 0 aromatic heterocycles. The lowest BCUT2D eigenvalue weighted by atomic mass is 10.1. The van der Waals surface area contributed by atoms with Gasteiger partial charge in [-0.2, -0.15) is 0 Å². The lowest BCUT2D eigenvalue weighted by Crippen LogP contribution is -2.40. The van der Waals surface area contributed by atoms with E-state index >= 15 is 0 Å². The van der Waals surface area contributed by atoms with Crippen molar-refractivity contribution in [2.75, 3.05) is 6.54 Å². The smallest absolute Gasteiger partial charge is 0.220 e. The summed E-state index contributed by atoms with van der Waals surface area (Å²) >= 11 is 0. The Labute approximate surface area is 80.1 Å². The van der Waals surface area contributed by atoms with E-state index in [1.54, 1.807) is 0 Å². The van der Waals surface area contributed by atoms with Gasteiger partial charge in [0, 0.05) is 19.0 Å². The Hall–Kier alpha value is -0.570. The van der Waals surface area contributed by atoms with Gasteiger partial charge in [0.05, 0.1) is 0 Å². The van der Waals surface area contributed by atoms with E-state index in [1.807, 2.05) is 0 Å². The van der Waals surface area contributed by atoms with Gasteiger partial charge in [-0.25, -0.2) is 0 Å². The lowest BCUT2D eigenvalue weighted by Gasteiger charge is -2.15. The largest absolute Gasteiger partial charge is 0.355 e. The van der Waals surface area contributed by atoms with Crippen LogP contribution in [0.1, 0.15) is 33.1 Å². The van der Waals surface area contributed by atoms with E-state index in [9.17, 15) is 4.79 Å². The molecule has 76 valence electrons. The molecule has 3 N–H and O–H groups in total. The Kier molecular flexibility index (Phi) is 3.72. The van der Waals surface area contributed by atoms with E-state index in [4.69, 9.17) is 5.73 Å². The Balaban J connectivity index is 2.06. The molecule has 1 saturated carbocycles. The Morgan fingerprint density at radius 1 is 1.54 bits per heavy atom. The van der Waals surface area contributed by atoms with Crippen LogP contribution < -0.4 is 11.1 Å². The summed E-state index contributed by atoms with van der Waals surface area (Å²) in [5, 5.41) is 2.87. The van der Waals surface area contributed by atoms with Crippen LogP contribution in [0.4, 0.5) is 0 Å². The van der Waals surface area contributed by atoms with Crippen LogP contribution in [0.5, 0.6) is 0 Å². The average molecular weight is 184 g/mol. The van der Waals surface area contributed by atoms with E-state index in [0.717, 1.165) is 0 Å². The lowest BCUT2D eigenvalue weighted by molar-refractivity contribution is -0.121. The summed E-state index contributed by atoms with van der Waals surface area (Å²) in [5.41, 5.74) is 5.80. The topological polar surface area (TPSA) is 55.1 Å². The zero-order chi connectivity index (χ0) is 9.84. The first-order chi connectivity index (χ1) is 6.09. The number of amides is 1. The van der Waals surface area contributed by atoms with E-state index < -0.39 is 0 Å². The van der Waals surface area contributed by atoms with Crippen molar-refractivity contribution in [2.45, 2.75) is 39.2 Å². The van der Waals surface area contributed by atoms with Gasteiger partial charge in [-0.05, 0) is 24.7 Å². The molecule has 1 amide bonds. The van der Waals surface area contributed by atoms with Crippen molar-refractivity contribution < 1.29 is 4.79 Å². The monoisotopic (exact) mass is 184 g/mol. The highest BCUT2D eigenvalue weighted by molar-refractivity contribution is 5.76. The number of nitrogens with two attached hydrogens (primary N) is 1. The zero-order valence-corrected chi connectivity index (χ0v) is 8.55. The highest BCUT2D eigenvalue weighted by Crippen LogP contribution is 2.31.